The van der Waals surface area contributed by atoms with E-state index in [2.05, 4.69) is 25.5 Å². The summed E-state index contributed by atoms with van der Waals surface area (Å²) in [5, 5.41) is 11.5. The molecule has 0 radical (unpaired) electrons. The molecule has 186 valence electrons. The molecule has 1 aliphatic heterocycles. The molecule has 0 bridgehead atoms. The van der Waals surface area contributed by atoms with Gasteiger partial charge in [0.25, 0.3) is 5.91 Å². The third-order valence-corrected chi connectivity index (χ3v) is 7.46. The summed E-state index contributed by atoms with van der Waals surface area (Å²) in [6, 6.07) is 7.21. The zero-order chi connectivity index (χ0) is 24.6. The summed E-state index contributed by atoms with van der Waals surface area (Å²) in [6.45, 7) is 0.718. The molecule has 10 heteroatoms. The summed E-state index contributed by atoms with van der Waals surface area (Å²) in [5.41, 5.74) is 2.37. The highest BCUT2D eigenvalue weighted by Gasteiger charge is 2.30. The van der Waals surface area contributed by atoms with Crippen molar-refractivity contribution in [1.82, 2.24) is 25.1 Å². The molecule has 1 saturated heterocycles. The number of amides is 1. The van der Waals surface area contributed by atoms with E-state index in [0.717, 1.165) is 62.6 Å². The first kappa shape index (κ1) is 22.6. The number of halogens is 2. The molecule has 1 atom stereocenters. The van der Waals surface area contributed by atoms with Crippen LogP contribution in [0.1, 0.15) is 72.2 Å². The summed E-state index contributed by atoms with van der Waals surface area (Å²) in [4.78, 5) is 19.4. The highest BCUT2D eigenvalue weighted by atomic mass is 19.1. The van der Waals surface area contributed by atoms with E-state index in [-0.39, 0.29) is 23.9 Å². The van der Waals surface area contributed by atoms with Crippen molar-refractivity contribution in [2.45, 2.75) is 56.5 Å². The van der Waals surface area contributed by atoms with Gasteiger partial charge in [0.05, 0.1) is 23.3 Å². The largest absolute Gasteiger partial charge is 0.364 e. The Hall–Kier alpha value is -3.82. The number of anilines is 1. The van der Waals surface area contributed by atoms with E-state index < -0.39 is 11.6 Å². The molecule has 4 aromatic rings. The smallest absolute Gasteiger partial charge is 0.255 e. The highest BCUT2D eigenvalue weighted by molar-refractivity contribution is 6.01. The van der Waals surface area contributed by atoms with Crippen LogP contribution in [0.3, 0.4) is 0 Å². The van der Waals surface area contributed by atoms with E-state index in [1.165, 1.54) is 18.5 Å². The number of benzene rings is 1. The van der Waals surface area contributed by atoms with E-state index in [1.54, 1.807) is 16.9 Å². The normalized spacial score (nSPS) is 22.3. The van der Waals surface area contributed by atoms with Crippen LogP contribution in [-0.2, 0) is 0 Å². The molecule has 1 aliphatic carbocycles. The van der Waals surface area contributed by atoms with Gasteiger partial charge in [0.1, 0.15) is 11.6 Å². The van der Waals surface area contributed by atoms with Gasteiger partial charge < -0.3 is 14.7 Å². The van der Waals surface area contributed by atoms with Crippen LogP contribution >= 0.6 is 0 Å². The molecule has 0 unspecified atom stereocenters. The minimum atomic E-state index is -0.449. The maximum Gasteiger partial charge on any atom is 0.255 e. The second-order valence-corrected chi connectivity index (χ2v) is 9.60. The van der Waals surface area contributed by atoms with Crippen molar-refractivity contribution in [2.75, 3.05) is 11.4 Å². The summed E-state index contributed by atoms with van der Waals surface area (Å²) in [5.74, 6) is -0.0389. The monoisotopic (exact) mass is 492 g/mol. The SMILES string of the molecule is O=C(NC1CCC(c2ncon2)CC1)c1cnn2ccc(N3CCC[C@@H]3c3cc(F)ccc3F)cc12. The first-order chi connectivity index (χ1) is 17.6. The number of nitrogens with one attached hydrogen (secondary N) is 1. The van der Waals surface area contributed by atoms with Crippen LogP contribution in [0.4, 0.5) is 14.5 Å². The minimum absolute atomic E-state index is 0.0673. The fourth-order valence-electron chi connectivity index (χ4n) is 5.61. The molecule has 2 fully saturated rings. The fourth-order valence-corrected chi connectivity index (χ4v) is 5.61. The Morgan fingerprint density at radius 1 is 1.08 bits per heavy atom. The molecule has 1 saturated carbocycles. The van der Waals surface area contributed by atoms with E-state index >= 15 is 0 Å². The average molecular weight is 493 g/mol. The second-order valence-electron chi connectivity index (χ2n) is 9.60. The number of hydrogen-bond acceptors (Lipinski definition) is 6. The topological polar surface area (TPSA) is 88.6 Å². The third-order valence-electron chi connectivity index (χ3n) is 7.46. The van der Waals surface area contributed by atoms with Crippen molar-refractivity contribution in [3.05, 3.63) is 77.7 Å². The second kappa shape index (κ2) is 9.33. The van der Waals surface area contributed by atoms with Crippen molar-refractivity contribution >= 4 is 17.1 Å². The number of aromatic nitrogens is 4. The molecule has 4 heterocycles. The fraction of sp³-hybridized carbons (Fsp3) is 0.385. The van der Waals surface area contributed by atoms with Crippen molar-refractivity contribution in [3.8, 4) is 0 Å². The quantitative estimate of drug-likeness (QED) is 0.431. The van der Waals surface area contributed by atoms with Crippen molar-refractivity contribution in [2.24, 2.45) is 0 Å². The van der Waals surface area contributed by atoms with Crippen LogP contribution in [0.25, 0.3) is 5.52 Å². The molecular weight excluding hydrogens is 466 g/mol. The zero-order valence-corrected chi connectivity index (χ0v) is 19.6. The Kier molecular flexibility index (Phi) is 5.86. The van der Waals surface area contributed by atoms with Crippen LogP contribution in [0.15, 0.2) is 53.6 Å². The van der Waals surface area contributed by atoms with Gasteiger partial charge >= 0.3 is 0 Å². The summed E-state index contributed by atoms with van der Waals surface area (Å²) < 4.78 is 34.9. The van der Waals surface area contributed by atoms with Crippen molar-refractivity contribution < 1.29 is 18.1 Å². The molecule has 3 aromatic heterocycles. The number of hydrogen-bond donors (Lipinski definition) is 1. The standard InChI is InChI=1S/C26H26F2N6O2/c27-17-5-8-22(28)20(12-17)23-2-1-10-33(23)19-9-11-34-24(13-19)21(14-30-34)26(35)31-18-6-3-16(4-7-18)25-29-15-36-32-25/h5,8-9,11-16,18,23H,1-4,6-7,10H2,(H,31,35)/t16?,18?,23-/m1/s1. The lowest BCUT2D eigenvalue weighted by Gasteiger charge is -2.28. The van der Waals surface area contributed by atoms with Crippen LogP contribution in [0.2, 0.25) is 0 Å². The maximum absolute atomic E-state index is 14.5. The summed E-state index contributed by atoms with van der Waals surface area (Å²) in [7, 11) is 0. The van der Waals surface area contributed by atoms with E-state index in [0.29, 0.717) is 16.6 Å². The molecule has 36 heavy (non-hydrogen) atoms. The highest BCUT2D eigenvalue weighted by Crippen LogP contribution is 2.38. The van der Waals surface area contributed by atoms with Gasteiger partial charge in [-0.25, -0.2) is 13.3 Å². The molecule has 1 aromatic carbocycles. The summed E-state index contributed by atoms with van der Waals surface area (Å²) in [6.07, 6.45) is 9.76. The molecule has 0 spiro atoms. The lowest BCUT2D eigenvalue weighted by atomic mass is 9.85. The lowest BCUT2D eigenvalue weighted by Crippen LogP contribution is -2.37. The van der Waals surface area contributed by atoms with E-state index in [9.17, 15) is 13.6 Å². The minimum Gasteiger partial charge on any atom is -0.364 e. The predicted octanol–water partition coefficient (Wildman–Crippen LogP) is 4.79. The number of carbonyl (C=O) groups is 1. The Labute approximate surface area is 206 Å². The van der Waals surface area contributed by atoms with E-state index in [1.807, 2.05) is 12.1 Å². The number of fused-ring (bicyclic) bond motifs is 1. The van der Waals surface area contributed by atoms with Crippen LogP contribution < -0.4 is 10.2 Å². The van der Waals surface area contributed by atoms with Gasteiger partial charge in [-0.1, -0.05) is 5.16 Å². The Balaban J connectivity index is 1.20. The predicted molar refractivity (Wildman–Crippen MR) is 128 cm³/mol. The molecule has 1 N–H and O–H groups in total. The Bertz CT molecular complexity index is 1380. The van der Waals surface area contributed by atoms with E-state index in [4.69, 9.17) is 4.52 Å². The molecule has 2 aliphatic rings. The van der Waals surface area contributed by atoms with Gasteiger partial charge in [0, 0.05) is 36.0 Å². The summed E-state index contributed by atoms with van der Waals surface area (Å²) >= 11 is 0. The number of nitrogens with zero attached hydrogens (tertiary/aromatic N) is 5. The van der Waals surface area contributed by atoms with Gasteiger partial charge in [-0.15, -0.1) is 0 Å². The van der Waals surface area contributed by atoms with Crippen LogP contribution in [0, 0.1) is 11.6 Å². The molecule has 1 amide bonds. The van der Waals surface area contributed by atoms with Gasteiger partial charge in [-0.3, -0.25) is 4.79 Å². The molecule has 8 nitrogen and oxygen atoms in total. The van der Waals surface area contributed by atoms with Gasteiger partial charge in [0.15, 0.2) is 5.82 Å². The third kappa shape index (κ3) is 4.20. The van der Waals surface area contributed by atoms with Crippen molar-refractivity contribution in [3.63, 3.8) is 0 Å². The first-order valence-corrected chi connectivity index (χ1v) is 12.3. The average Bonchev–Trinajstić information content (AvgIpc) is 3.66. The molecule has 6 rings (SSSR count). The Morgan fingerprint density at radius 3 is 2.75 bits per heavy atom. The maximum atomic E-state index is 14.5. The van der Waals surface area contributed by atoms with Crippen LogP contribution in [0.5, 0.6) is 0 Å². The number of pyridine rings is 1. The van der Waals surface area contributed by atoms with Gasteiger partial charge in [0.2, 0.25) is 6.39 Å². The number of rotatable bonds is 5. The zero-order valence-electron chi connectivity index (χ0n) is 19.6. The first-order valence-electron chi connectivity index (χ1n) is 12.3. The van der Waals surface area contributed by atoms with Crippen molar-refractivity contribution in [1.29, 1.82) is 0 Å². The van der Waals surface area contributed by atoms with Crippen LogP contribution in [-0.4, -0.2) is 38.2 Å². The number of carbonyl (C=O) groups excluding carboxylic acids is 1. The lowest BCUT2D eigenvalue weighted by molar-refractivity contribution is 0.0927. The van der Waals surface area contributed by atoms with Gasteiger partial charge in [-0.2, -0.15) is 10.1 Å². The molecular formula is C26H26F2N6O2. The van der Waals surface area contributed by atoms with Gasteiger partial charge in [-0.05, 0) is 68.9 Å². The Morgan fingerprint density at radius 2 is 1.94 bits per heavy atom.